The smallest absolute Gasteiger partial charge is 0.230 e. The number of amides is 2. The number of hydrogen-bond donors (Lipinski definition) is 1. The molecule has 0 aliphatic carbocycles. The van der Waals surface area contributed by atoms with Crippen LogP contribution in [0.2, 0.25) is 5.02 Å². The quantitative estimate of drug-likeness (QED) is 0.576. The van der Waals surface area contributed by atoms with Crippen LogP contribution in [-0.2, 0) is 22.6 Å². The number of carbonyl (C=O) groups is 2. The highest BCUT2D eigenvalue weighted by Gasteiger charge is 2.14. The SMILES string of the molecule is CCN(Cc1ccccc1NC(=O)Cc1csc(-c2ccccc2Cl)n1)C(C)=O. The van der Waals surface area contributed by atoms with Crippen LogP contribution in [0.3, 0.4) is 0 Å². The molecule has 150 valence electrons. The van der Waals surface area contributed by atoms with Crippen molar-refractivity contribution in [2.24, 2.45) is 0 Å². The maximum absolute atomic E-state index is 12.6. The lowest BCUT2D eigenvalue weighted by molar-refractivity contribution is -0.129. The van der Waals surface area contributed by atoms with Gasteiger partial charge in [-0.1, -0.05) is 48.0 Å². The van der Waals surface area contributed by atoms with Crippen LogP contribution in [0, 0.1) is 0 Å². The molecule has 0 aliphatic rings. The summed E-state index contributed by atoms with van der Waals surface area (Å²) >= 11 is 7.70. The van der Waals surface area contributed by atoms with Gasteiger partial charge in [-0.15, -0.1) is 11.3 Å². The van der Waals surface area contributed by atoms with Gasteiger partial charge in [-0.05, 0) is 24.6 Å². The van der Waals surface area contributed by atoms with Crippen LogP contribution in [-0.4, -0.2) is 28.2 Å². The lowest BCUT2D eigenvalue weighted by Gasteiger charge is -2.21. The summed E-state index contributed by atoms with van der Waals surface area (Å²) in [6, 6.07) is 15.0. The average molecular weight is 428 g/mol. The zero-order valence-corrected chi connectivity index (χ0v) is 17.9. The van der Waals surface area contributed by atoms with Gasteiger partial charge in [0.1, 0.15) is 5.01 Å². The normalized spacial score (nSPS) is 10.6. The number of carbonyl (C=O) groups excluding carboxylic acids is 2. The molecule has 2 amide bonds. The van der Waals surface area contributed by atoms with Crippen molar-refractivity contribution in [3.63, 3.8) is 0 Å². The third-order valence-corrected chi connectivity index (χ3v) is 5.73. The van der Waals surface area contributed by atoms with Gasteiger partial charge in [0.25, 0.3) is 0 Å². The first kappa shape index (κ1) is 21.0. The Morgan fingerprint density at radius 3 is 2.59 bits per heavy atom. The molecule has 7 heteroatoms. The second kappa shape index (κ2) is 9.67. The molecule has 1 aromatic heterocycles. The Bertz CT molecular complexity index is 1020. The van der Waals surface area contributed by atoms with Gasteiger partial charge < -0.3 is 10.2 Å². The molecule has 0 unspecified atom stereocenters. The number of aromatic nitrogens is 1. The van der Waals surface area contributed by atoms with E-state index in [1.165, 1.54) is 11.3 Å². The number of rotatable bonds is 7. The predicted molar refractivity (Wildman–Crippen MR) is 118 cm³/mol. The predicted octanol–water partition coefficient (Wildman–Crippen LogP) is 5.01. The van der Waals surface area contributed by atoms with E-state index >= 15 is 0 Å². The van der Waals surface area contributed by atoms with E-state index in [0.717, 1.165) is 16.1 Å². The third-order valence-electron chi connectivity index (χ3n) is 4.48. The van der Waals surface area contributed by atoms with Crippen molar-refractivity contribution in [1.29, 1.82) is 0 Å². The topological polar surface area (TPSA) is 62.3 Å². The minimum atomic E-state index is -0.153. The number of hydrogen-bond acceptors (Lipinski definition) is 4. The van der Waals surface area contributed by atoms with E-state index in [1.807, 2.05) is 60.8 Å². The first-order chi connectivity index (χ1) is 14.0. The summed E-state index contributed by atoms with van der Waals surface area (Å²) in [6.07, 6.45) is 0.166. The lowest BCUT2D eigenvalue weighted by atomic mass is 10.1. The molecule has 3 aromatic rings. The molecule has 0 spiro atoms. The molecular formula is C22H22ClN3O2S. The Hall–Kier alpha value is -2.70. The van der Waals surface area contributed by atoms with Crippen molar-refractivity contribution in [3.8, 4) is 10.6 Å². The minimum absolute atomic E-state index is 0.00297. The van der Waals surface area contributed by atoms with E-state index in [1.54, 1.807) is 11.8 Å². The van der Waals surface area contributed by atoms with Gasteiger partial charge in [0.2, 0.25) is 11.8 Å². The second-order valence-electron chi connectivity index (χ2n) is 6.54. The second-order valence-corrected chi connectivity index (χ2v) is 7.80. The summed E-state index contributed by atoms with van der Waals surface area (Å²) in [4.78, 5) is 30.6. The molecule has 0 saturated heterocycles. The largest absolute Gasteiger partial charge is 0.339 e. The molecule has 0 atom stereocenters. The van der Waals surface area contributed by atoms with Crippen molar-refractivity contribution in [2.75, 3.05) is 11.9 Å². The summed E-state index contributed by atoms with van der Waals surface area (Å²) in [6.45, 7) is 4.54. The van der Waals surface area contributed by atoms with Crippen molar-refractivity contribution in [2.45, 2.75) is 26.8 Å². The van der Waals surface area contributed by atoms with Crippen molar-refractivity contribution < 1.29 is 9.59 Å². The number of thiazole rings is 1. The summed E-state index contributed by atoms with van der Waals surface area (Å²) in [5.41, 5.74) is 3.16. The molecule has 0 radical (unpaired) electrons. The summed E-state index contributed by atoms with van der Waals surface area (Å²) in [5.74, 6) is -0.150. The van der Waals surface area contributed by atoms with Gasteiger partial charge in [-0.25, -0.2) is 4.98 Å². The number of benzene rings is 2. The maximum atomic E-state index is 12.6. The molecule has 5 nitrogen and oxygen atoms in total. The highest BCUT2D eigenvalue weighted by Crippen LogP contribution is 2.30. The molecule has 0 fully saturated rings. The van der Waals surface area contributed by atoms with Gasteiger partial charge in [0.05, 0.1) is 17.1 Å². The Balaban J connectivity index is 1.69. The molecule has 0 bridgehead atoms. The number of para-hydroxylation sites is 1. The monoisotopic (exact) mass is 427 g/mol. The van der Waals surface area contributed by atoms with Crippen LogP contribution in [0.4, 0.5) is 5.69 Å². The van der Waals surface area contributed by atoms with E-state index in [-0.39, 0.29) is 18.2 Å². The van der Waals surface area contributed by atoms with Crippen LogP contribution < -0.4 is 5.32 Å². The van der Waals surface area contributed by atoms with E-state index in [0.29, 0.717) is 29.5 Å². The van der Waals surface area contributed by atoms with Crippen LogP contribution >= 0.6 is 22.9 Å². The molecule has 0 aliphatic heterocycles. The molecule has 1 N–H and O–H groups in total. The molecule has 3 rings (SSSR count). The number of nitrogens with one attached hydrogen (secondary N) is 1. The Labute approximate surface area is 179 Å². The first-order valence-electron chi connectivity index (χ1n) is 9.30. The highest BCUT2D eigenvalue weighted by atomic mass is 35.5. The zero-order chi connectivity index (χ0) is 20.8. The maximum Gasteiger partial charge on any atom is 0.230 e. The minimum Gasteiger partial charge on any atom is -0.339 e. The van der Waals surface area contributed by atoms with Gasteiger partial charge in [-0.3, -0.25) is 9.59 Å². The van der Waals surface area contributed by atoms with Crippen LogP contribution in [0.25, 0.3) is 10.6 Å². The van der Waals surface area contributed by atoms with Crippen LogP contribution in [0.5, 0.6) is 0 Å². The summed E-state index contributed by atoms with van der Waals surface area (Å²) in [5, 5.41) is 6.25. The van der Waals surface area contributed by atoms with E-state index in [2.05, 4.69) is 10.3 Å². The molecule has 1 heterocycles. The van der Waals surface area contributed by atoms with Gasteiger partial charge in [0.15, 0.2) is 0 Å². The lowest BCUT2D eigenvalue weighted by Crippen LogP contribution is -2.28. The number of anilines is 1. The third kappa shape index (κ3) is 5.43. The summed E-state index contributed by atoms with van der Waals surface area (Å²) in [7, 11) is 0. The molecule has 0 saturated carbocycles. The fraction of sp³-hybridized carbons (Fsp3) is 0.227. The first-order valence-corrected chi connectivity index (χ1v) is 10.6. The van der Waals surface area contributed by atoms with E-state index in [9.17, 15) is 9.59 Å². The molecule has 2 aromatic carbocycles. The molecular weight excluding hydrogens is 406 g/mol. The Morgan fingerprint density at radius 1 is 1.14 bits per heavy atom. The number of halogens is 1. The summed E-state index contributed by atoms with van der Waals surface area (Å²) < 4.78 is 0. The standard InChI is InChI=1S/C22H22ClN3O2S/c1-3-26(15(2)27)13-16-8-4-7-11-20(16)25-21(28)12-17-14-29-22(24-17)18-9-5-6-10-19(18)23/h4-11,14H,3,12-13H2,1-2H3,(H,25,28). The van der Waals surface area contributed by atoms with Gasteiger partial charge in [-0.2, -0.15) is 0 Å². The molecule has 29 heavy (non-hydrogen) atoms. The Morgan fingerprint density at radius 2 is 1.86 bits per heavy atom. The Kier molecular flexibility index (Phi) is 7.01. The van der Waals surface area contributed by atoms with Crippen molar-refractivity contribution >= 4 is 40.4 Å². The van der Waals surface area contributed by atoms with Crippen LogP contribution in [0.1, 0.15) is 25.1 Å². The fourth-order valence-electron chi connectivity index (χ4n) is 2.94. The zero-order valence-electron chi connectivity index (χ0n) is 16.3. The van der Waals surface area contributed by atoms with Crippen molar-refractivity contribution in [3.05, 3.63) is 70.2 Å². The fourth-order valence-corrected chi connectivity index (χ4v) is 4.08. The average Bonchev–Trinajstić information content (AvgIpc) is 3.15. The van der Waals surface area contributed by atoms with E-state index < -0.39 is 0 Å². The van der Waals surface area contributed by atoms with Crippen LogP contribution in [0.15, 0.2) is 53.9 Å². The highest BCUT2D eigenvalue weighted by molar-refractivity contribution is 7.13. The van der Waals surface area contributed by atoms with Gasteiger partial charge >= 0.3 is 0 Å². The van der Waals surface area contributed by atoms with E-state index in [4.69, 9.17) is 11.6 Å². The number of nitrogens with zero attached hydrogens (tertiary/aromatic N) is 2. The van der Waals surface area contributed by atoms with Crippen molar-refractivity contribution in [1.82, 2.24) is 9.88 Å². The van der Waals surface area contributed by atoms with Gasteiger partial charge in [0, 0.05) is 36.6 Å².